The van der Waals surface area contributed by atoms with Crippen LogP contribution in [0.15, 0.2) is 46.6 Å². The lowest BCUT2D eigenvalue weighted by atomic mass is 10.2. The lowest BCUT2D eigenvalue weighted by Gasteiger charge is -2.27. The van der Waals surface area contributed by atoms with Gasteiger partial charge in [0.05, 0.1) is 17.2 Å². The van der Waals surface area contributed by atoms with Gasteiger partial charge in [0.25, 0.3) is 0 Å². The topological polar surface area (TPSA) is 49.9 Å². The second-order valence-corrected chi connectivity index (χ2v) is 7.49. The molecule has 0 bridgehead atoms. The van der Waals surface area contributed by atoms with Gasteiger partial charge in [-0.2, -0.15) is 16.9 Å². The van der Waals surface area contributed by atoms with E-state index in [0.717, 1.165) is 17.1 Å². The lowest BCUT2D eigenvalue weighted by Crippen LogP contribution is -2.22. The molecule has 1 N–H and O–H groups in total. The second kappa shape index (κ2) is 6.35. The Kier molecular flexibility index (Phi) is 4.17. The van der Waals surface area contributed by atoms with E-state index in [0.29, 0.717) is 21.6 Å². The van der Waals surface area contributed by atoms with E-state index in [1.165, 1.54) is 6.07 Å². The number of aryl methyl sites for hydroxylation is 1. The van der Waals surface area contributed by atoms with Gasteiger partial charge >= 0.3 is 0 Å². The van der Waals surface area contributed by atoms with E-state index in [2.05, 4.69) is 10.2 Å². The molecule has 1 aliphatic rings. The number of benzene rings is 2. The molecule has 1 aromatic heterocycles. The van der Waals surface area contributed by atoms with Crippen molar-refractivity contribution in [2.75, 3.05) is 11.5 Å². The molecule has 2 aromatic carbocycles. The first-order valence-electron chi connectivity index (χ1n) is 7.83. The monoisotopic (exact) mass is 375 g/mol. The van der Waals surface area contributed by atoms with Crippen LogP contribution in [0.25, 0.3) is 10.9 Å². The summed E-state index contributed by atoms with van der Waals surface area (Å²) in [6.07, 6.45) is 0. The van der Waals surface area contributed by atoms with Crippen molar-refractivity contribution >= 4 is 45.6 Å². The molecule has 128 valence electrons. The van der Waals surface area contributed by atoms with Gasteiger partial charge in [0.15, 0.2) is 5.69 Å². The predicted molar refractivity (Wildman–Crippen MR) is 100 cm³/mol. The average Bonchev–Trinajstić information content (AvgIpc) is 2.81. The number of hydrogen-bond acceptors (Lipinski definition) is 4. The average molecular weight is 376 g/mol. The Labute approximate surface area is 153 Å². The number of rotatable bonds is 3. The van der Waals surface area contributed by atoms with Crippen LogP contribution < -0.4 is 0 Å². The SMILES string of the molecule is Cc1ccc(N=Nc2c(O)n(C3CSC3)c3c(F)cccc23)cc1Cl. The van der Waals surface area contributed by atoms with Crippen LogP contribution in [0.3, 0.4) is 0 Å². The summed E-state index contributed by atoms with van der Waals surface area (Å²) < 4.78 is 16.0. The molecular formula is C18H15ClFN3OS. The molecule has 0 saturated carbocycles. The van der Waals surface area contributed by atoms with Crippen LogP contribution in [0.1, 0.15) is 11.6 Å². The molecule has 7 heteroatoms. The minimum Gasteiger partial charge on any atom is -0.493 e. The van der Waals surface area contributed by atoms with Crippen LogP contribution in [0.5, 0.6) is 5.88 Å². The van der Waals surface area contributed by atoms with E-state index in [4.69, 9.17) is 11.6 Å². The Morgan fingerprint density at radius 3 is 2.72 bits per heavy atom. The quantitative estimate of drug-likeness (QED) is 0.558. The third kappa shape index (κ3) is 2.79. The first-order chi connectivity index (χ1) is 12.1. The van der Waals surface area contributed by atoms with Crippen LogP contribution in [0, 0.1) is 12.7 Å². The highest BCUT2D eigenvalue weighted by Gasteiger charge is 2.28. The molecule has 1 fully saturated rings. The Bertz CT molecular complexity index is 998. The number of thioether (sulfide) groups is 1. The zero-order chi connectivity index (χ0) is 17.6. The number of hydrogen-bond donors (Lipinski definition) is 1. The molecule has 0 atom stereocenters. The van der Waals surface area contributed by atoms with Crippen molar-refractivity contribution in [3.8, 4) is 5.88 Å². The summed E-state index contributed by atoms with van der Waals surface area (Å²) >= 11 is 7.87. The van der Waals surface area contributed by atoms with Crippen LogP contribution in [-0.2, 0) is 0 Å². The molecule has 0 spiro atoms. The third-order valence-electron chi connectivity index (χ3n) is 4.33. The van der Waals surface area contributed by atoms with Crippen molar-refractivity contribution in [3.05, 3.63) is 52.8 Å². The first kappa shape index (κ1) is 16.4. The Morgan fingerprint density at radius 1 is 1.24 bits per heavy atom. The summed E-state index contributed by atoms with van der Waals surface area (Å²) in [5.41, 5.74) is 2.18. The molecule has 4 nitrogen and oxygen atoms in total. The summed E-state index contributed by atoms with van der Waals surface area (Å²) in [4.78, 5) is 0. The lowest BCUT2D eigenvalue weighted by molar-refractivity contribution is 0.404. The zero-order valence-electron chi connectivity index (χ0n) is 13.4. The third-order valence-corrected chi connectivity index (χ3v) is 5.98. The summed E-state index contributed by atoms with van der Waals surface area (Å²) in [7, 11) is 0. The van der Waals surface area contributed by atoms with Gasteiger partial charge < -0.3 is 9.67 Å². The molecule has 0 radical (unpaired) electrons. The molecule has 1 saturated heterocycles. The number of para-hydroxylation sites is 1. The van der Waals surface area contributed by atoms with Crippen molar-refractivity contribution < 1.29 is 9.50 Å². The maximum atomic E-state index is 14.4. The van der Waals surface area contributed by atoms with Crippen molar-refractivity contribution in [1.29, 1.82) is 0 Å². The molecule has 25 heavy (non-hydrogen) atoms. The number of aromatic nitrogens is 1. The largest absolute Gasteiger partial charge is 0.493 e. The van der Waals surface area contributed by atoms with E-state index in [-0.39, 0.29) is 23.4 Å². The van der Waals surface area contributed by atoms with E-state index in [1.54, 1.807) is 40.6 Å². The highest BCUT2D eigenvalue weighted by Crippen LogP contribution is 2.45. The molecule has 0 amide bonds. The van der Waals surface area contributed by atoms with E-state index < -0.39 is 0 Å². The van der Waals surface area contributed by atoms with Gasteiger partial charge in [-0.15, -0.1) is 5.11 Å². The fraction of sp³-hybridized carbons (Fsp3) is 0.222. The summed E-state index contributed by atoms with van der Waals surface area (Å²) in [5.74, 6) is 1.27. The molecule has 1 aliphatic heterocycles. The first-order valence-corrected chi connectivity index (χ1v) is 9.36. The van der Waals surface area contributed by atoms with Crippen molar-refractivity contribution in [2.24, 2.45) is 10.2 Å². The number of halogens is 2. The Morgan fingerprint density at radius 2 is 2.04 bits per heavy atom. The Balaban J connectivity index is 1.84. The normalized spacial score (nSPS) is 15.2. The van der Waals surface area contributed by atoms with Gasteiger partial charge in [-0.1, -0.05) is 29.8 Å². The highest BCUT2D eigenvalue weighted by atomic mass is 35.5. The van der Waals surface area contributed by atoms with Gasteiger partial charge in [0.2, 0.25) is 5.88 Å². The van der Waals surface area contributed by atoms with Gasteiger partial charge in [0.1, 0.15) is 5.82 Å². The summed E-state index contributed by atoms with van der Waals surface area (Å²) in [6.45, 7) is 1.90. The molecule has 2 heterocycles. The fourth-order valence-electron chi connectivity index (χ4n) is 2.87. The molecule has 0 aliphatic carbocycles. The van der Waals surface area contributed by atoms with E-state index in [9.17, 15) is 9.50 Å². The molecule has 3 aromatic rings. The van der Waals surface area contributed by atoms with Crippen molar-refractivity contribution in [1.82, 2.24) is 4.57 Å². The van der Waals surface area contributed by atoms with Crippen molar-refractivity contribution in [2.45, 2.75) is 13.0 Å². The smallest absolute Gasteiger partial charge is 0.221 e. The van der Waals surface area contributed by atoms with Gasteiger partial charge in [-0.25, -0.2) is 4.39 Å². The molecular weight excluding hydrogens is 361 g/mol. The molecule has 4 rings (SSSR count). The van der Waals surface area contributed by atoms with Crippen LogP contribution in [0.4, 0.5) is 15.8 Å². The van der Waals surface area contributed by atoms with E-state index in [1.807, 2.05) is 13.0 Å². The second-order valence-electron chi connectivity index (χ2n) is 6.00. The minimum atomic E-state index is -0.371. The number of azo groups is 1. The fourth-order valence-corrected chi connectivity index (χ4v) is 3.79. The minimum absolute atomic E-state index is 0.0487. The highest BCUT2D eigenvalue weighted by molar-refractivity contribution is 8.00. The van der Waals surface area contributed by atoms with Gasteiger partial charge in [-0.3, -0.25) is 0 Å². The summed E-state index contributed by atoms with van der Waals surface area (Å²) in [5, 5.41) is 20.2. The van der Waals surface area contributed by atoms with Crippen LogP contribution >= 0.6 is 23.4 Å². The standard InChI is InChI=1S/C18H15ClFN3OS/c1-10-5-6-11(7-14(10)19)21-22-16-13-3-2-4-15(20)17(13)23(18(16)24)12-8-25-9-12/h2-7,12,24H,8-9H2,1H3. The number of nitrogens with zero attached hydrogens (tertiary/aromatic N) is 3. The maximum Gasteiger partial charge on any atom is 0.221 e. The van der Waals surface area contributed by atoms with Crippen LogP contribution in [-0.4, -0.2) is 21.2 Å². The number of aromatic hydroxyl groups is 1. The predicted octanol–water partition coefficient (Wildman–Crippen LogP) is 6.15. The van der Waals surface area contributed by atoms with Crippen LogP contribution in [0.2, 0.25) is 5.02 Å². The number of fused-ring (bicyclic) bond motifs is 1. The van der Waals surface area contributed by atoms with Crippen molar-refractivity contribution in [3.63, 3.8) is 0 Å². The summed E-state index contributed by atoms with van der Waals surface area (Å²) in [6, 6.07) is 10.2. The van der Waals surface area contributed by atoms with Gasteiger partial charge in [-0.05, 0) is 30.7 Å². The zero-order valence-corrected chi connectivity index (χ0v) is 15.0. The molecule has 0 unspecified atom stereocenters. The Hall–Kier alpha value is -2.05. The van der Waals surface area contributed by atoms with Gasteiger partial charge in [0, 0.05) is 21.9 Å². The maximum absolute atomic E-state index is 14.4. The van der Waals surface area contributed by atoms with E-state index >= 15 is 0 Å².